The van der Waals surface area contributed by atoms with Gasteiger partial charge in [-0.15, -0.1) is 0 Å². The minimum absolute atomic E-state index is 0.223. The quantitative estimate of drug-likeness (QED) is 0.755. The molecule has 2 fully saturated rings. The van der Waals surface area contributed by atoms with Gasteiger partial charge in [0.2, 0.25) is 27.5 Å². The van der Waals surface area contributed by atoms with Crippen molar-refractivity contribution in [3.63, 3.8) is 0 Å². The lowest BCUT2D eigenvalue weighted by Gasteiger charge is -2.30. The minimum atomic E-state index is -3.51. The number of sulfonamides is 1. The highest BCUT2D eigenvalue weighted by molar-refractivity contribution is 7.89. The summed E-state index contributed by atoms with van der Waals surface area (Å²) < 4.78 is 38.6. The van der Waals surface area contributed by atoms with E-state index in [0.717, 1.165) is 12.8 Å². The van der Waals surface area contributed by atoms with Crippen molar-refractivity contribution in [3.8, 4) is 17.5 Å². The van der Waals surface area contributed by atoms with Gasteiger partial charge in [-0.1, -0.05) is 6.92 Å². The van der Waals surface area contributed by atoms with Crippen LogP contribution in [0, 0.1) is 17.2 Å². The molecule has 0 N–H and O–H groups in total. The molecule has 0 amide bonds. The van der Waals surface area contributed by atoms with Gasteiger partial charge >= 0.3 is 0 Å². The third-order valence-corrected chi connectivity index (χ3v) is 7.25. The predicted molar refractivity (Wildman–Crippen MR) is 107 cm³/mol. The molecular weight excluding hydrogens is 392 g/mol. The first-order valence-corrected chi connectivity index (χ1v) is 11.3. The highest BCUT2D eigenvalue weighted by Gasteiger charge is 2.29. The van der Waals surface area contributed by atoms with Gasteiger partial charge in [-0.25, -0.2) is 8.42 Å². The van der Waals surface area contributed by atoms with Crippen LogP contribution < -0.4 is 4.90 Å². The molecule has 2 saturated heterocycles. The Balaban J connectivity index is 1.58. The number of morpholine rings is 1. The Labute approximate surface area is 170 Å². The summed E-state index contributed by atoms with van der Waals surface area (Å²) in [5.41, 5.74) is 0.855. The van der Waals surface area contributed by atoms with E-state index in [0.29, 0.717) is 62.6 Å². The Hall–Kier alpha value is -2.41. The van der Waals surface area contributed by atoms with Crippen LogP contribution >= 0.6 is 0 Å². The van der Waals surface area contributed by atoms with E-state index in [4.69, 9.17) is 9.15 Å². The van der Waals surface area contributed by atoms with E-state index in [1.165, 1.54) is 0 Å². The second kappa shape index (κ2) is 8.14. The van der Waals surface area contributed by atoms with Gasteiger partial charge in [0.05, 0.1) is 18.1 Å². The molecule has 4 rings (SSSR count). The summed E-state index contributed by atoms with van der Waals surface area (Å²) in [6, 6.07) is 8.59. The predicted octanol–water partition coefficient (Wildman–Crippen LogP) is 2.47. The Morgan fingerprint density at radius 1 is 1.17 bits per heavy atom. The van der Waals surface area contributed by atoms with Crippen LogP contribution in [-0.4, -0.2) is 57.1 Å². The van der Waals surface area contributed by atoms with Gasteiger partial charge in [-0.2, -0.15) is 14.6 Å². The molecule has 2 aliphatic rings. The highest BCUT2D eigenvalue weighted by atomic mass is 32.2. The van der Waals surface area contributed by atoms with Crippen LogP contribution in [0.15, 0.2) is 33.6 Å². The fraction of sp³-hybridized carbons (Fsp3) is 0.500. The molecule has 0 aliphatic carbocycles. The van der Waals surface area contributed by atoms with Crippen molar-refractivity contribution >= 4 is 15.9 Å². The van der Waals surface area contributed by atoms with Gasteiger partial charge in [0.1, 0.15) is 6.07 Å². The zero-order valence-electron chi connectivity index (χ0n) is 16.4. The molecule has 0 bridgehead atoms. The van der Waals surface area contributed by atoms with Crippen molar-refractivity contribution in [2.45, 2.75) is 24.7 Å². The fourth-order valence-corrected chi connectivity index (χ4v) is 5.37. The van der Waals surface area contributed by atoms with Crippen molar-refractivity contribution < 1.29 is 17.6 Å². The molecule has 0 spiro atoms. The molecule has 2 aromatic rings. The smallest absolute Gasteiger partial charge is 0.243 e. The SMILES string of the molecule is CC1CCCN(S(=O)(=O)c2ccc(-c3nc(C#N)c(N4CCOCC4)o3)cc2)C1. The normalized spacial score (nSPS) is 21.1. The number of benzene rings is 1. The molecule has 2 aliphatic heterocycles. The average molecular weight is 417 g/mol. The first-order chi connectivity index (χ1) is 14.0. The third-order valence-electron chi connectivity index (χ3n) is 5.37. The number of piperidine rings is 1. The molecule has 0 saturated carbocycles. The number of aromatic nitrogens is 1. The molecule has 29 heavy (non-hydrogen) atoms. The Bertz CT molecular complexity index is 1000. The maximum Gasteiger partial charge on any atom is 0.243 e. The second-order valence-electron chi connectivity index (χ2n) is 7.52. The summed E-state index contributed by atoms with van der Waals surface area (Å²) in [4.78, 5) is 6.50. The van der Waals surface area contributed by atoms with Gasteiger partial charge in [0.15, 0.2) is 0 Å². The lowest BCUT2D eigenvalue weighted by Crippen LogP contribution is -2.39. The molecular formula is C20H24N4O4S. The van der Waals surface area contributed by atoms with Crippen LogP contribution in [0.5, 0.6) is 0 Å². The van der Waals surface area contributed by atoms with E-state index < -0.39 is 10.0 Å². The number of anilines is 1. The summed E-state index contributed by atoms with van der Waals surface area (Å²) in [6.45, 7) is 5.60. The molecule has 8 nitrogen and oxygen atoms in total. The maximum atomic E-state index is 12.9. The van der Waals surface area contributed by atoms with E-state index in [9.17, 15) is 13.7 Å². The lowest BCUT2D eigenvalue weighted by molar-refractivity contribution is 0.121. The maximum absolute atomic E-state index is 12.9. The van der Waals surface area contributed by atoms with E-state index in [1.54, 1.807) is 28.6 Å². The van der Waals surface area contributed by atoms with Crippen molar-refractivity contribution in [1.82, 2.24) is 9.29 Å². The van der Waals surface area contributed by atoms with Crippen molar-refractivity contribution in [2.24, 2.45) is 5.92 Å². The largest absolute Gasteiger partial charge is 0.419 e. The second-order valence-corrected chi connectivity index (χ2v) is 9.46. The number of hydrogen-bond acceptors (Lipinski definition) is 7. The van der Waals surface area contributed by atoms with Crippen LogP contribution in [0.25, 0.3) is 11.5 Å². The Kier molecular flexibility index (Phi) is 5.58. The number of nitriles is 1. The molecule has 9 heteroatoms. The monoisotopic (exact) mass is 416 g/mol. The van der Waals surface area contributed by atoms with Gasteiger partial charge < -0.3 is 14.1 Å². The Morgan fingerprint density at radius 3 is 2.55 bits per heavy atom. The standard InChI is InChI=1S/C20H24N4O4S/c1-15-3-2-8-24(14-15)29(25,26)17-6-4-16(5-7-17)19-22-18(13-21)20(28-19)23-9-11-27-12-10-23/h4-7,15H,2-3,8-12,14H2,1H3. The van der Waals surface area contributed by atoms with Crippen LogP contribution in [0.1, 0.15) is 25.5 Å². The van der Waals surface area contributed by atoms with Gasteiger partial charge in [-0.05, 0) is 43.0 Å². The third kappa shape index (κ3) is 4.01. The number of nitrogens with zero attached hydrogens (tertiary/aromatic N) is 4. The van der Waals surface area contributed by atoms with Gasteiger partial charge in [0, 0.05) is 31.7 Å². The Morgan fingerprint density at radius 2 is 1.90 bits per heavy atom. The summed E-state index contributed by atoms with van der Waals surface area (Å²) in [5, 5.41) is 9.41. The molecule has 1 aromatic carbocycles. The number of ether oxygens (including phenoxy) is 1. The molecule has 1 unspecified atom stereocenters. The van der Waals surface area contributed by atoms with Gasteiger partial charge in [-0.3, -0.25) is 0 Å². The summed E-state index contributed by atoms with van der Waals surface area (Å²) in [5.74, 6) is 1.11. The van der Waals surface area contributed by atoms with Crippen LogP contribution in [0.4, 0.5) is 5.88 Å². The highest BCUT2D eigenvalue weighted by Crippen LogP contribution is 2.30. The molecule has 1 atom stereocenters. The van der Waals surface area contributed by atoms with Crippen LogP contribution in [0.2, 0.25) is 0 Å². The van der Waals surface area contributed by atoms with Gasteiger partial charge in [0.25, 0.3) is 0 Å². The zero-order valence-corrected chi connectivity index (χ0v) is 17.2. The number of hydrogen-bond donors (Lipinski definition) is 0. The summed E-state index contributed by atoms with van der Waals surface area (Å²) in [6.07, 6.45) is 1.94. The number of oxazole rings is 1. The summed E-state index contributed by atoms with van der Waals surface area (Å²) in [7, 11) is -3.51. The lowest BCUT2D eigenvalue weighted by atomic mass is 10.0. The van der Waals surface area contributed by atoms with Crippen LogP contribution in [-0.2, 0) is 14.8 Å². The first kappa shape index (κ1) is 19.9. The molecule has 3 heterocycles. The topological polar surface area (TPSA) is 99.7 Å². The van der Waals surface area contributed by atoms with Crippen molar-refractivity contribution in [2.75, 3.05) is 44.3 Å². The number of rotatable bonds is 4. The van der Waals surface area contributed by atoms with E-state index in [2.05, 4.69) is 18.0 Å². The van der Waals surface area contributed by atoms with E-state index in [-0.39, 0.29) is 10.6 Å². The zero-order chi connectivity index (χ0) is 20.4. The van der Waals surface area contributed by atoms with E-state index >= 15 is 0 Å². The first-order valence-electron chi connectivity index (χ1n) is 9.83. The van der Waals surface area contributed by atoms with E-state index in [1.807, 2.05) is 4.90 Å². The van der Waals surface area contributed by atoms with Crippen molar-refractivity contribution in [1.29, 1.82) is 5.26 Å². The minimum Gasteiger partial charge on any atom is -0.419 e. The van der Waals surface area contributed by atoms with Crippen LogP contribution in [0.3, 0.4) is 0 Å². The van der Waals surface area contributed by atoms with Crippen molar-refractivity contribution in [3.05, 3.63) is 30.0 Å². The fourth-order valence-electron chi connectivity index (χ4n) is 3.77. The average Bonchev–Trinajstić information content (AvgIpc) is 3.19. The molecule has 1 aromatic heterocycles. The molecule has 154 valence electrons. The summed E-state index contributed by atoms with van der Waals surface area (Å²) >= 11 is 0. The molecule has 0 radical (unpaired) electrons.